The molecule has 0 aliphatic carbocycles. The van der Waals surface area contributed by atoms with Crippen molar-refractivity contribution in [3.63, 3.8) is 0 Å². The van der Waals surface area contributed by atoms with E-state index in [2.05, 4.69) is 20.9 Å². The maximum absolute atomic E-state index is 13.0. The summed E-state index contributed by atoms with van der Waals surface area (Å²) in [5.74, 6) is -2.72. The third-order valence-electron chi connectivity index (χ3n) is 9.48. The number of hydrogen-bond donors (Lipinski definition) is 1. The molecule has 71 heavy (non-hydrogen) atoms. The normalized spacial score (nSPS) is 12.5. The SMILES string of the molecule is CC(C)(C)OC(=O)CC(CNCCC(F)(F)F)(c1cccc(OC(F)(F)F)c1)c1cccc(OC(F)(F)F)c1.Cc1cccc(C(C#N)(CC(=O)OC(C)(C)C)c2cccc(C)c2)c1.O=CCC(F)(F)F. The highest BCUT2D eigenvalue weighted by Crippen LogP contribution is 2.41. The van der Waals surface area contributed by atoms with Crippen LogP contribution in [0.15, 0.2) is 97.1 Å². The third kappa shape index (κ3) is 22.6. The zero-order valence-electron chi connectivity index (χ0n) is 39.9. The summed E-state index contributed by atoms with van der Waals surface area (Å²) in [5.41, 5.74) is -0.921. The average Bonchev–Trinajstić information content (AvgIpc) is 3.18. The van der Waals surface area contributed by atoms with Crippen molar-refractivity contribution < 1.29 is 86.0 Å². The molecule has 21 heteroatoms. The van der Waals surface area contributed by atoms with Crippen molar-refractivity contribution >= 4 is 18.2 Å². The van der Waals surface area contributed by atoms with E-state index in [1.807, 2.05) is 83.1 Å². The first-order valence-corrected chi connectivity index (χ1v) is 21.4. The van der Waals surface area contributed by atoms with Gasteiger partial charge in [-0.05, 0) is 102 Å². The maximum Gasteiger partial charge on any atom is 0.573 e. The number of nitrogens with zero attached hydrogens (tertiary/aromatic N) is 1. The van der Waals surface area contributed by atoms with Crippen molar-refractivity contribution in [2.75, 3.05) is 13.1 Å². The average molecular weight is 1020 g/mol. The Labute approximate surface area is 403 Å². The fraction of sp³-hybridized carbons (Fsp3) is 0.440. The van der Waals surface area contributed by atoms with Gasteiger partial charge in [0.1, 0.15) is 34.4 Å². The number of aryl methyl sites for hydroxylation is 2. The van der Waals surface area contributed by atoms with E-state index in [1.165, 1.54) is 32.9 Å². The van der Waals surface area contributed by atoms with E-state index in [0.717, 1.165) is 58.7 Å². The molecule has 0 aliphatic rings. The van der Waals surface area contributed by atoms with Gasteiger partial charge in [-0.2, -0.15) is 31.6 Å². The smallest absolute Gasteiger partial charge is 0.460 e. The lowest BCUT2D eigenvalue weighted by molar-refractivity contribution is -0.275. The summed E-state index contributed by atoms with van der Waals surface area (Å²) in [6.07, 6.45) is -22.6. The van der Waals surface area contributed by atoms with Crippen LogP contribution < -0.4 is 14.8 Å². The Balaban J connectivity index is 0.000000458. The fourth-order valence-electron chi connectivity index (χ4n) is 6.82. The zero-order chi connectivity index (χ0) is 54.3. The van der Waals surface area contributed by atoms with E-state index >= 15 is 0 Å². The van der Waals surface area contributed by atoms with Crippen LogP contribution >= 0.6 is 0 Å². The summed E-state index contributed by atoms with van der Waals surface area (Å²) >= 11 is 0. The molecule has 0 aliphatic heterocycles. The van der Waals surface area contributed by atoms with Crippen molar-refractivity contribution in [1.29, 1.82) is 5.26 Å². The molecule has 0 heterocycles. The van der Waals surface area contributed by atoms with Gasteiger partial charge >= 0.3 is 37.0 Å². The molecule has 0 radical (unpaired) electrons. The summed E-state index contributed by atoms with van der Waals surface area (Å²) in [7, 11) is 0. The summed E-state index contributed by atoms with van der Waals surface area (Å²) in [5, 5.41) is 12.7. The van der Waals surface area contributed by atoms with Gasteiger partial charge in [0.2, 0.25) is 0 Å². The number of carbonyl (C=O) groups excluding carboxylic acids is 3. The molecule has 0 atom stereocenters. The van der Waals surface area contributed by atoms with Gasteiger partial charge in [0.15, 0.2) is 0 Å². The Kier molecular flexibility index (Phi) is 21.2. The number of nitrogens with one attached hydrogen (secondary N) is 1. The second-order valence-corrected chi connectivity index (χ2v) is 18.0. The highest BCUT2D eigenvalue weighted by atomic mass is 19.4. The Morgan fingerprint density at radius 3 is 1.30 bits per heavy atom. The quantitative estimate of drug-likeness (QED) is 0.0536. The van der Waals surface area contributed by atoms with Crippen LogP contribution in [0.4, 0.5) is 52.7 Å². The molecule has 4 aromatic carbocycles. The van der Waals surface area contributed by atoms with Gasteiger partial charge in [0.05, 0.1) is 31.8 Å². The second kappa shape index (κ2) is 24.7. The molecule has 0 bridgehead atoms. The summed E-state index contributed by atoms with van der Waals surface area (Å²) in [6, 6.07) is 26.5. The molecule has 1 N–H and O–H groups in total. The van der Waals surface area contributed by atoms with Crippen LogP contribution in [0.5, 0.6) is 11.5 Å². The number of esters is 2. The van der Waals surface area contributed by atoms with E-state index in [0.29, 0.717) is 0 Å². The minimum absolute atomic E-state index is 0.0202. The van der Waals surface area contributed by atoms with Gasteiger partial charge in [-0.1, -0.05) is 83.9 Å². The monoisotopic (exact) mass is 1020 g/mol. The number of ether oxygens (including phenoxy) is 4. The Morgan fingerprint density at radius 1 is 0.577 bits per heavy atom. The molecule has 390 valence electrons. The molecule has 4 rings (SSSR count). The molecule has 0 saturated carbocycles. The Morgan fingerprint density at radius 2 is 0.972 bits per heavy atom. The van der Waals surface area contributed by atoms with Gasteiger partial charge in [-0.25, -0.2) is 0 Å². The van der Waals surface area contributed by atoms with E-state index < -0.39 is 96.9 Å². The van der Waals surface area contributed by atoms with E-state index in [4.69, 9.17) is 14.3 Å². The van der Waals surface area contributed by atoms with Crippen LogP contribution in [-0.4, -0.2) is 67.6 Å². The highest BCUT2D eigenvalue weighted by molar-refractivity contribution is 5.75. The highest BCUT2D eigenvalue weighted by Gasteiger charge is 2.42. The second-order valence-electron chi connectivity index (χ2n) is 18.0. The first kappa shape index (κ1) is 60.8. The summed E-state index contributed by atoms with van der Waals surface area (Å²) in [6.45, 7) is 12.9. The fourth-order valence-corrected chi connectivity index (χ4v) is 6.82. The molecule has 0 saturated heterocycles. The Hall–Kier alpha value is -6.30. The number of hydrogen-bond acceptors (Lipinski definition) is 9. The molecular formula is C50H54F12N2O7. The van der Waals surface area contributed by atoms with Crippen LogP contribution in [-0.2, 0) is 34.7 Å². The third-order valence-corrected chi connectivity index (χ3v) is 9.48. The predicted octanol–water partition coefficient (Wildman–Crippen LogP) is 13.0. The molecule has 9 nitrogen and oxygen atoms in total. The van der Waals surface area contributed by atoms with Gasteiger partial charge in [0.25, 0.3) is 0 Å². The number of benzene rings is 4. The molecule has 0 spiro atoms. The lowest BCUT2D eigenvalue weighted by Gasteiger charge is -2.36. The van der Waals surface area contributed by atoms with Crippen molar-refractivity contribution in [3.05, 3.63) is 130 Å². The van der Waals surface area contributed by atoms with E-state index in [1.54, 1.807) is 0 Å². The first-order chi connectivity index (χ1) is 32.4. The van der Waals surface area contributed by atoms with Crippen molar-refractivity contribution in [2.45, 2.75) is 128 Å². The van der Waals surface area contributed by atoms with Crippen LogP contribution in [0.2, 0.25) is 0 Å². The summed E-state index contributed by atoms with van der Waals surface area (Å²) < 4.78 is 167. The van der Waals surface area contributed by atoms with Crippen molar-refractivity contribution in [3.8, 4) is 17.6 Å². The minimum Gasteiger partial charge on any atom is -0.460 e. The van der Waals surface area contributed by atoms with E-state index in [-0.39, 0.29) is 29.8 Å². The Bertz CT molecular complexity index is 2310. The lowest BCUT2D eigenvalue weighted by Crippen LogP contribution is -2.43. The predicted molar refractivity (Wildman–Crippen MR) is 237 cm³/mol. The number of carbonyl (C=O) groups is 3. The van der Waals surface area contributed by atoms with Gasteiger partial charge in [-0.3, -0.25) is 9.59 Å². The minimum atomic E-state index is -5.10. The number of aldehydes is 1. The van der Waals surface area contributed by atoms with Crippen molar-refractivity contribution in [1.82, 2.24) is 5.32 Å². The lowest BCUT2D eigenvalue weighted by atomic mass is 9.71. The number of nitriles is 1. The van der Waals surface area contributed by atoms with Crippen LogP contribution in [0, 0.1) is 25.2 Å². The molecule has 4 aromatic rings. The van der Waals surface area contributed by atoms with Crippen LogP contribution in [0.25, 0.3) is 0 Å². The van der Waals surface area contributed by atoms with E-state index in [9.17, 15) is 67.5 Å². The van der Waals surface area contributed by atoms with Crippen molar-refractivity contribution in [2.24, 2.45) is 0 Å². The molecular weight excluding hydrogens is 969 g/mol. The van der Waals surface area contributed by atoms with Crippen LogP contribution in [0.3, 0.4) is 0 Å². The topological polar surface area (TPSA) is 124 Å². The molecule has 0 fully saturated rings. The molecule has 0 unspecified atom stereocenters. The zero-order valence-corrected chi connectivity index (χ0v) is 39.9. The number of halogens is 12. The molecule has 0 amide bonds. The molecule has 0 aromatic heterocycles. The number of rotatable bonds is 15. The summed E-state index contributed by atoms with van der Waals surface area (Å²) in [4.78, 5) is 34.7. The standard InChI is InChI=1S/C25H26F9NO4.C22H25NO2.C3H3F3O/c1-21(2,3)39-20(36)14-22(15-35-11-10-23(26,27)28,16-6-4-8-18(12-16)37-24(29,30)31)17-7-5-9-19(13-17)38-25(32,33)34;1-16-8-6-10-18(12-16)22(15-23,14-20(24)25-21(3,4)5)19-11-7-9-17(2)13-19;4-3(5,6)1-2-7/h4-9,12-13,35H,10-11,14-15H2,1-3H3;6-13H,14H2,1-5H3;2H,1H2. The van der Waals surface area contributed by atoms with Crippen LogP contribution in [0.1, 0.15) is 101 Å². The van der Waals surface area contributed by atoms with Gasteiger partial charge in [-0.15, -0.1) is 26.3 Å². The maximum atomic E-state index is 13.0. The number of alkyl halides is 12. The largest absolute Gasteiger partial charge is 0.573 e. The van der Waals surface area contributed by atoms with Gasteiger partial charge in [0, 0.05) is 18.5 Å². The first-order valence-electron chi connectivity index (χ1n) is 21.4. The van der Waals surface area contributed by atoms with Gasteiger partial charge < -0.3 is 29.1 Å².